The van der Waals surface area contributed by atoms with Crippen molar-refractivity contribution in [3.63, 3.8) is 0 Å². The molecule has 0 fully saturated rings. The van der Waals surface area contributed by atoms with E-state index >= 15 is 0 Å². The van der Waals surface area contributed by atoms with Crippen LogP contribution in [0, 0.1) is 0 Å². The lowest BCUT2D eigenvalue weighted by molar-refractivity contribution is -1.03. The van der Waals surface area contributed by atoms with E-state index in [4.69, 9.17) is 9.94 Å². The summed E-state index contributed by atoms with van der Waals surface area (Å²) in [5.41, 5.74) is 0. The number of hydrogen-bond acceptors (Lipinski definition) is 3. The number of rotatable bonds is 6. The second kappa shape index (κ2) is 5.04. The number of carbonyl (C=O) groups is 1. The molecule has 0 amide bonds. The van der Waals surface area contributed by atoms with Crippen LogP contribution >= 0.6 is 0 Å². The molecule has 0 aromatic rings. The molecule has 15 heavy (non-hydrogen) atoms. The van der Waals surface area contributed by atoms with Crippen molar-refractivity contribution in [2.24, 2.45) is 4.99 Å². The minimum Gasteiger partial charge on any atom is -0.477 e. The summed E-state index contributed by atoms with van der Waals surface area (Å²) in [5.74, 6) is -0.114. The third kappa shape index (κ3) is 2.64. The fourth-order valence-corrected chi connectivity index (χ4v) is 1.78. The second-order valence-electron chi connectivity index (χ2n) is 3.37. The zero-order valence-electron chi connectivity index (χ0n) is 8.98. The highest BCUT2D eigenvalue weighted by atomic mass is 16.7. The number of nitrogens with zero attached hydrogens (tertiary/aromatic N) is 2. The van der Waals surface area contributed by atoms with Gasteiger partial charge in [-0.15, -0.1) is 11.2 Å². The molecule has 1 N–H and O–H groups in total. The summed E-state index contributed by atoms with van der Waals surface area (Å²) in [5, 5.41) is 8.88. The van der Waals surface area contributed by atoms with Crippen molar-refractivity contribution in [2.45, 2.75) is 13.3 Å². The SMILES string of the molecule is C=CCC1=NCC[N+]1(CC(=O)O)OCC. The number of carboxylic acid groups (broad SMARTS) is 1. The highest BCUT2D eigenvalue weighted by Crippen LogP contribution is 2.18. The average Bonchev–Trinajstić information content (AvgIpc) is 2.49. The van der Waals surface area contributed by atoms with E-state index in [9.17, 15) is 4.79 Å². The molecule has 1 rings (SSSR count). The van der Waals surface area contributed by atoms with Crippen LogP contribution in [-0.4, -0.2) is 47.8 Å². The third-order valence-electron chi connectivity index (χ3n) is 2.32. The molecule has 5 nitrogen and oxygen atoms in total. The highest BCUT2D eigenvalue weighted by molar-refractivity contribution is 5.80. The van der Waals surface area contributed by atoms with Gasteiger partial charge < -0.3 is 5.11 Å². The van der Waals surface area contributed by atoms with Crippen LogP contribution in [0.2, 0.25) is 0 Å². The molecular formula is C10H17N2O3+. The van der Waals surface area contributed by atoms with E-state index in [0.29, 0.717) is 26.1 Å². The largest absolute Gasteiger partial charge is 0.477 e. The van der Waals surface area contributed by atoms with Gasteiger partial charge in [0.2, 0.25) is 12.4 Å². The predicted octanol–water partition coefficient (Wildman–Crippen LogP) is 0.828. The molecule has 0 aromatic carbocycles. The Morgan fingerprint density at radius 1 is 1.80 bits per heavy atom. The maximum absolute atomic E-state index is 10.8. The number of carboxylic acids is 1. The Labute approximate surface area is 89.2 Å². The van der Waals surface area contributed by atoms with Gasteiger partial charge in [-0.05, 0) is 6.92 Å². The number of aliphatic imine (C=N–C) groups is 1. The zero-order chi connectivity index (χ0) is 11.3. The van der Waals surface area contributed by atoms with Crippen LogP contribution in [0.3, 0.4) is 0 Å². The van der Waals surface area contributed by atoms with Crippen molar-refractivity contribution >= 4 is 11.8 Å². The molecule has 0 saturated carbocycles. The van der Waals surface area contributed by atoms with Crippen molar-refractivity contribution in [2.75, 3.05) is 26.2 Å². The molecule has 0 saturated heterocycles. The molecule has 5 heteroatoms. The van der Waals surface area contributed by atoms with Gasteiger partial charge in [0.1, 0.15) is 13.2 Å². The van der Waals surface area contributed by atoms with Gasteiger partial charge in [0, 0.05) is 0 Å². The Morgan fingerprint density at radius 2 is 2.53 bits per heavy atom. The van der Waals surface area contributed by atoms with Gasteiger partial charge >= 0.3 is 5.97 Å². The van der Waals surface area contributed by atoms with Gasteiger partial charge in [-0.1, -0.05) is 6.08 Å². The van der Waals surface area contributed by atoms with E-state index in [1.165, 1.54) is 0 Å². The smallest absolute Gasteiger partial charge is 0.362 e. The number of aliphatic carboxylic acids is 1. The lowest BCUT2D eigenvalue weighted by atomic mass is 10.3. The van der Waals surface area contributed by atoms with Gasteiger partial charge in [0.25, 0.3) is 0 Å². The Hall–Kier alpha value is -1.20. The summed E-state index contributed by atoms with van der Waals surface area (Å²) in [6, 6.07) is 0. The molecule has 1 atom stereocenters. The zero-order valence-corrected chi connectivity index (χ0v) is 8.98. The molecule has 0 aromatic heterocycles. The predicted molar refractivity (Wildman–Crippen MR) is 56.4 cm³/mol. The van der Waals surface area contributed by atoms with E-state index in [2.05, 4.69) is 11.6 Å². The summed E-state index contributed by atoms with van der Waals surface area (Å²) in [6.07, 6.45) is 2.30. The monoisotopic (exact) mass is 213 g/mol. The van der Waals surface area contributed by atoms with E-state index < -0.39 is 5.97 Å². The normalized spacial score (nSPS) is 25.0. The Morgan fingerprint density at radius 3 is 3.07 bits per heavy atom. The quantitative estimate of drug-likeness (QED) is 0.525. The fraction of sp³-hybridized carbons (Fsp3) is 0.600. The van der Waals surface area contributed by atoms with Crippen LogP contribution in [0.4, 0.5) is 0 Å². The number of hydrogen-bond donors (Lipinski definition) is 1. The summed E-state index contributed by atoms with van der Waals surface area (Å²) in [4.78, 5) is 20.6. The molecule has 84 valence electrons. The molecule has 0 aliphatic carbocycles. The molecular weight excluding hydrogens is 196 g/mol. The summed E-state index contributed by atoms with van der Waals surface area (Å²) in [7, 11) is 0. The minimum atomic E-state index is -0.873. The summed E-state index contributed by atoms with van der Waals surface area (Å²) >= 11 is 0. The molecule has 0 radical (unpaired) electrons. The first-order chi connectivity index (χ1) is 7.14. The van der Waals surface area contributed by atoms with Crippen LogP contribution in [-0.2, 0) is 9.63 Å². The highest BCUT2D eigenvalue weighted by Gasteiger charge is 2.41. The van der Waals surface area contributed by atoms with Gasteiger partial charge in [0.05, 0.1) is 13.0 Å². The van der Waals surface area contributed by atoms with Gasteiger partial charge in [-0.25, -0.2) is 9.79 Å². The molecule has 1 unspecified atom stereocenters. The standard InChI is InChI=1S/C10H16N2O3/c1-3-5-9-11-6-7-12(9,15-4-2)8-10(13)14/h3H,1,4-8H2,2H3/p+1. The lowest BCUT2D eigenvalue weighted by Crippen LogP contribution is -2.53. The Balaban J connectivity index is 2.84. The van der Waals surface area contributed by atoms with Crippen LogP contribution < -0.4 is 0 Å². The van der Waals surface area contributed by atoms with Crippen molar-refractivity contribution in [1.29, 1.82) is 0 Å². The molecule has 1 aliphatic rings. The second-order valence-corrected chi connectivity index (χ2v) is 3.37. The van der Waals surface area contributed by atoms with Crippen molar-refractivity contribution in [3.05, 3.63) is 12.7 Å². The summed E-state index contributed by atoms with van der Waals surface area (Å²) in [6.45, 7) is 7.12. The maximum Gasteiger partial charge on any atom is 0.362 e. The first kappa shape index (κ1) is 11.9. The van der Waals surface area contributed by atoms with E-state index in [1.54, 1.807) is 6.08 Å². The number of hydroxylamine groups is 3. The molecule has 1 heterocycles. The fourth-order valence-electron chi connectivity index (χ4n) is 1.78. The summed E-state index contributed by atoms with van der Waals surface area (Å²) < 4.78 is 0.0256. The van der Waals surface area contributed by atoms with Crippen LogP contribution in [0.5, 0.6) is 0 Å². The van der Waals surface area contributed by atoms with Gasteiger partial charge in [0.15, 0.2) is 0 Å². The Kier molecular flexibility index (Phi) is 3.99. The van der Waals surface area contributed by atoms with E-state index in [1.807, 2.05) is 6.92 Å². The van der Waals surface area contributed by atoms with Crippen molar-refractivity contribution in [1.82, 2.24) is 0 Å². The minimum absolute atomic E-state index is 0.0256. The maximum atomic E-state index is 10.8. The molecule has 0 spiro atoms. The van der Waals surface area contributed by atoms with E-state index in [0.717, 1.165) is 5.84 Å². The molecule has 0 bridgehead atoms. The third-order valence-corrected chi connectivity index (χ3v) is 2.32. The first-order valence-corrected chi connectivity index (χ1v) is 5.03. The van der Waals surface area contributed by atoms with Gasteiger partial charge in [-0.3, -0.25) is 0 Å². The first-order valence-electron chi connectivity index (χ1n) is 5.03. The van der Waals surface area contributed by atoms with Crippen LogP contribution in [0.25, 0.3) is 0 Å². The lowest BCUT2D eigenvalue weighted by Gasteiger charge is -2.29. The van der Waals surface area contributed by atoms with Crippen LogP contribution in [0.1, 0.15) is 13.3 Å². The van der Waals surface area contributed by atoms with E-state index in [-0.39, 0.29) is 11.2 Å². The number of amidine groups is 1. The van der Waals surface area contributed by atoms with Crippen molar-refractivity contribution < 1.29 is 19.4 Å². The average molecular weight is 213 g/mol. The Bertz CT molecular complexity index is 288. The topological polar surface area (TPSA) is 58.9 Å². The van der Waals surface area contributed by atoms with Crippen molar-refractivity contribution in [3.8, 4) is 0 Å². The molecule has 1 aliphatic heterocycles. The van der Waals surface area contributed by atoms with Gasteiger partial charge in [-0.2, -0.15) is 4.84 Å². The number of quaternary nitrogens is 1. The van der Waals surface area contributed by atoms with Crippen LogP contribution in [0.15, 0.2) is 17.6 Å².